The number of carbonyl (C=O) groups excluding carboxylic acids is 2. The van der Waals surface area contributed by atoms with Crippen molar-refractivity contribution in [2.75, 3.05) is 11.9 Å². The van der Waals surface area contributed by atoms with Gasteiger partial charge >= 0.3 is 5.97 Å². The molecule has 1 amide bonds. The van der Waals surface area contributed by atoms with Gasteiger partial charge in [0.05, 0.1) is 12.3 Å². The van der Waals surface area contributed by atoms with Gasteiger partial charge in [-0.15, -0.1) is 0 Å². The highest BCUT2D eigenvalue weighted by molar-refractivity contribution is 7.80. The zero-order valence-electron chi connectivity index (χ0n) is 14.3. The van der Waals surface area contributed by atoms with Gasteiger partial charge in [0, 0.05) is 16.1 Å². The van der Waals surface area contributed by atoms with Crippen LogP contribution in [0.5, 0.6) is 0 Å². The number of esters is 1. The number of amides is 1. The van der Waals surface area contributed by atoms with E-state index >= 15 is 0 Å². The summed E-state index contributed by atoms with van der Waals surface area (Å²) in [5.74, 6) is -0.893. The van der Waals surface area contributed by atoms with Gasteiger partial charge in [-0.05, 0) is 49.8 Å². The quantitative estimate of drug-likeness (QED) is 0.403. The fraction of sp³-hybridized carbons (Fsp3) is 0.176. The van der Waals surface area contributed by atoms with Gasteiger partial charge in [0.15, 0.2) is 10.2 Å². The summed E-state index contributed by atoms with van der Waals surface area (Å²) in [4.78, 5) is 28.4. The van der Waals surface area contributed by atoms with Crippen molar-refractivity contribution in [2.45, 2.75) is 13.8 Å². The predicted molar refractivity (Wildman–Crippen MR) is 113 cm³/mol. The fourth-order valence-corrected chi connectivity index (χ4v) is 3.52. The second-order valence-corrected chi connectivity index (χ2v) is 7.35. The van der Waals surface area contributed by atoms with Crippen LogP contribution in [0.2, 0.25) is 10.0 Å². The molecule has 0 spiro atoms. The number of hydrogen-bond acceptors (Lipinski definition) is 6. The first-order valence-corrected chi connectivity index (χ1v) is 9.68. The molecule has 0 radical (unpaired) electrons. The van der Waals surface area contributed by atoms with Crippen molar-refractivity contribution in [1.29, 1.82) is 0 Å². The van der Waals surface area contributed by atoms with E-state index in [0.29, 0.717) is 31.3 Å². The average molecular weight is 444 g/mol. The zero-order valence-corrected chi connectivity index (χ0v) is 17.5. The number of benzene rings is 1. The minimum Gasteiger partial charge on any atom is -0.462 e. The topological polar surface area (TPSA) is 80.3 Å². The number of thiazole rings is 1. The Morgan fingerprint density at radius 1 is 1.37 bits per heavy atom. The van der Waals surface area contributed by atoms with Crippen LogP contribution in [-0.2, 0) is 9.53 Å². The maximum absolute atomic E-state index is 12.0. The van der Waals surface area contributed by atoms with Crippen LogP contribution in [0.15, 0.2) is 24.3 Å². The van der Waals surface area contributed by atoms with Crippen LogP contribution in [0.4, 0.5) is 5.13 Å². The Morgan fingerprint density at radius 3 is 2.78 bits per heavy atom. The van der Waals surface area contributed by atoms with Gasteiger partial charge in [-0.2, -0.15) is 0 Å². The molecular weight excluding hydrogens is 429 g/mol. The molecule has 0 fully saturated rings. The van der Waals surface area contributed by atoms with Crippen LogP contribution in [0.3, 0.4) is 0 Å². The van der Waals surface area contributed by atoms with E-state index in [-0.39, 0.29) is 11.7 Å². The van der Waals surface area contributed by atoms with Crippen LogP contribution < -0.4 is 10.6 Å². The molecule has 27 heavy (non-hydrogen) atoms. The van der Waals surface area contributed by atoms with E-state index in [0.717, 1.165) is 11.3 Å². The monoisotopic (exact) mass is 443 g/mol. The number of thiocarbonyl (C=S) groups is 1. The van der Waals surface area contributed by atoms with Crippen LogP contribution >= 0.6 is 46.8 Å². The summed E-state index contributed by atoms with van der Waals surface area (Å²) in [6.45, 7) is 3.69. The van der Waals surface area contributed by atoms with Crippen LogP contribution in [0.1, 0.15) is 27.9 Å². The Bertz CT molecular complexity index is 913. The third-order valence-electron chi connectivity index (χ3n) is 3.09. The molecule has 2 N–H and O–H groups in total. The van der Waals surface area contributed by atoms with Gasteiger partial charge in [0.2, 0.25) is 5.91 Å². The molecule has 0 saturated carbocycles. The summed E-state index contributed by atoms with van der Waals surface area (Å²) < 4.78 is 4.96. The number of anilines is 1. The summed E-state index contributed by atoms with van der Waals surface area (Å²) in [6.07, 6.45) is 2.84. The summed E-state index contributed by atoms with van der Waals surface area (Å²) >= 11 is 18.0. The summed E-state index contributed by atoms with van der Waals surface area (Å²) in [5, 5.41) is 6.63. The van der Waals surface area contributed by atoms with Crippen LogP contribution in [0, 0.1) is 6.92 Å². The third-order valence-corrected chi connectivity index (χ3v) is 4.91. The molecule has 1 aromatic carbocycles. The number of ether oxygens (including phenoxy) is 1. The number of aryl methyl sites for hydroxylation is 1. The highest BCUT2D eigenvalue weighted by Gasteiger charge is 2.17. The van der Waals surface area contributed by atoms with E-state index in [1.54, 1.807) is 38.1 Å². The Labute approximate surface area is 175 Å². The number of rotatable bonds is 5. The lowest BCUT2D eigenvalue weighted by molar-refractivity contribution is -0.115. The van der Waals surface area contributed by atoms with E-state index in [9.17, 15) is 9.59 Å². The van der Waals surface area contributed by atoms with Gasteiger partial charge in [-0.1, -0.05) is 40.6 Å². The Kier molecular flexibility index (Phi) is 7.73. The molecular formula is C17H15Cl2N3O3S2. The molecule has 0 unspecified atom stereocenters. The van der Waals surface area contributed by atoms with Crippen molar-refractivity contribution < 1.29 is 14.3 Å². The van der Waals surface area contributed by atoms with Gasteiger partial charge in [-0.3, -0.25) is 10.1 Å². The smallest absolute Gasteiger partial charge is 0.350 e. The van der Waals surface area contributed by atoms with Crippen LogP contribution in [-0.4, -0.2) is 28.6 Å². The third kappa shape index (κ3) is 6.28. The number of hydrogen-bond donors (Lipinski definition) is 2. The van der Waals surface area contributed by atoms with E-state index in [1.807, 2.05) is 0 Å². The normalized spacial score (nSPS) is 10.7. The Hall–Kier alpha value is -2.00. The number of aromatic nitrogens is 1. The summed E-state index contributed by atoms with van der Waals surface area (Å²) in [7, 11) is 0. The molecule has 10 heteroatoms. The first-order valence-electron chi connectivity index (χ1n) is 7.69. The van der Waals surface area contributed by atoms with E-state index in [4.69, 9.17) is 40.2 Å². The first kappa shape index (κ1) is 21.3. The van der Waals surface area contributed by atoms with Crippen molar-refractivity contribution in [3.05, 3.63) is 50.5 Å². The summed E-state index contributed by atoms with van der Waals surface area (Å²) in [6, 6.07) is 4.95. The van der Waals surface area contributed by atoms with Gasteiger partial charge in [0.1, 0.15) is 4.88 Å². The lowest BCUT2D eigenvalue weighted by atomic mass is 10.2. The SMILES string of the molecule is CCOC(=O)c1sc(NC(=S)NC(=O)/C=C/c2ccc(Cl)cc2Cl)nc1C. The van der Waals surface area contributed by atoms with Crippen molar-refractivity contribution in [3.8, 4) is 0 Å². The number of halogens is 2. The van der Waals surface area contributed by atoms with Gasteiger partial charge < -0.3 is 10.1 Å². The minimum atomic E-state index is -0.447. The fourth-order valence-electron chi connectivity index (χ4n) is 1.92. The maximum atomic E-state index is 12.0. The summed E-state index contributed by atoms with van der Waals surface area (Å²) in [5.41, 5.74) is 1.16. The average Bonchev–Trinajstić information content (AvgIpc) is 2.94. The molecule has 0 atom stereocenters. The number of nitrogens with one attached hydrogen (secondary N) is 2. The second kappa shape index (κ2) is 9.80. The van der Waals surface area contributed by atoms with Gasteiger partial charge in [-0.25, -0.2) is 9.78 Å². The predicted octanol–water partition coefficient (Wildman–Crippen LogP) is 4.46. The molecule has 0 aliphatic rings. The van der Waals surface area contributed by atoms with Crippen molar-refractivity contribution in [3.63, 3.8) is 0 Å². The van der Waals surface area contributed by atoms with Crippen molar-refractivity contribution in [2.24, 2.45) is 0 Å². The zero-order chi connectivity index (χ0) is 20.0. The number of nitrogens with zero attached hydrogens (tertiary/aromatic N) is 1. The lowest BCUT2D eigenvalue weighted by Crippen LogP contribution is -2.32. The molecule has 1 aromatic heterocycles. The molecule has 2 aromatic rings. The Morgan fingerprint density at radius 2 is 2.11 bits per heavy atom. The second-order valence-electron chi connectivity index (χ2n) is 5.10. The largest absolute Gasteiger partial charge is 0.462 e. The number of carbonyl (C=O) groups is 2. The minimum absolute atomic E-state index is 0.0519. The molecule has 142 valence electrons. The van der Waals surface area contributed by atoms with E-state index in [2.05, 4.69) is 15.6 Å². The van der Waals surface area contributed by atoms with Crippen molar-refractivity contribution >= 4 is 75.0 Å². The first-order chi connectivity index (χ1) is 12.8. The molecule has 0 aliphatic carbocycles. The highest BCUT2D eigenvalue weighted by Crippen LogP contribution is 2.23. The molecule has 0 aliphatic heterocycles. The molecule has 0 saturated heterocycles. The molecule has 6 nitrogen and oxygen atoms in total. The standard InChI is InChI=1S/C17H15Cl2N3O3S2/c1-3-25-15(24)14-9(2)20-17(27-14)22-16(26)21-13(23)7-5-10-4-6-11(18)8-12(10)19/h4-8H,3H2,1-2H3,(H2,20,21,22,23,26)/b7-5+. The van der Waals surface area contributed by atoms with E-state index < -0.39 is 11.9 Å². The van der Waals surface area contributed by atoms with Gasteiger partial charge in [0.25, 0.3) is 0 Å². The Balaban J connectivity index is 1.95. The maximum Gasteiger partial charge on any atom is 0.350 e. The van der Waals surface area contributed by atoms with E-state index in [1.165, 1.54) is 6.08 Å². The molecule has 1 heterocycles. The molecule has 0 bridgehead atoms. The van der Waals surface area contributed by atoms with Crippen LogP contribution in [0.25, 0.3) is 6.08 Å². The van der Waals surface area contributed by atoms with Crippen molar-refractivity contribution in [1.82, 2.24) is 10.3 Å². The highest BCUT2D eigenvalue weighted by atomic mass is 35.5. The molecule has 2 rings (SSSR count). The lowest BCUT2D eigenvalue weighted by Gasteiger charge is -2.04.